The van der Waals surface area contributed by atoms with E-state index in [2.05, 4.69) is 32.2 Å². The van der Waals surface area contributed by atoms with Crippen LogP contribution in [-0.2, 0) is 26.2 Å². The zero-order valence-electron chi connectivity index (χ0n) is 26.7. The number of fused-ring (bicyclic) bond motifs is 1. The van der Waals surface area contributed by atoms with E-state index in [1.807, 2.05) is 54.6 Å². The summed E-state index contributed by atoms with van der Waals surface area (Å²) in [6.07, 6.45) is 0. The number of hydrogen-bond donors (Lipinski definition) is 3. The zero-order chi connectivity index (χ0) is 33.8. The van der Waals surface area contributed by atoms with Crippen molar-refractivity contribution < 1.29 is 18.0 Å². The van der Waals surface area contributed by atoms with Crippen LogP contribution in [-0.4, -0.2) is 76.9 Å². The number of rotatable bonds is 10. The SMILES string of the molecule is CN1CCN(CC(=O)N(C)c2ccc(NC(=C3C(=O)Nc4cc(Cl)ccc43)c3ccc(CNS(=O)(=O)c4ccccc4)cc3)cc2)CC1. The average Bonchev–Trinajstić information content (AvgIpc) is 3.42. The topological polar surface area (TPSA) is 114 Å². The maximum atomic E-state index is 13.4. The fraction of sp³-hybridized carbons (Fsp3) is 0.222. The number of nitrogens with zero attached hydrogens (tertiary/aromatic N) is 3. The summed E-state index contributed by atoms with van der Waals surface area (Å²) >= 11 is 6.22. The lowest BCUT2D eigenvalue weighted by Crippen LogP contribution is -2.48. The Hall–Kier alpha value is -4.52. The first-order valence-corrected chi connectivity index (χ1v) is 17.5. The molecule has 2 aliphatic rings. The molecule has 0 spiro atoms. The molecule has 0 saturated carbocycles. The van der Waals surface area contributed by atoms with Crippen LogP contribution in [0.4, 0.5) is 17.1 Å². The molecule has 248 valence electrons. The molecule has 0 bridgehead atoms. The maximum absolute atomic E-state index is 13.4. The zero-order valence-corrected chi connectivity index (χ0v) is 28.3. The molecule has 2 aliphatic heterocycles. The van der Waals surface area contributed by atoms with Gasteiger partial charge in [0.1, 0.15) is 0 Å². The van der Waals surface area contributed by atoms with Crippen LogP contribution in [0.3, 0.4) is 0 Å². The van der Waals surface area contributed by atoms with Gasteiger partial charge in [-0.15, -0.1) is 0 Å². The second-order valence-corrected chi connectivity index (χ2v) is 14.1. The number of anilines is 3. The Morgan fingerprint density at radius 2 is 1.60 bits per heavy atom. The van der Waals surface area contributed by atoms with Crippen LogP contribution in [0.25, 0.3) is 11.3 Å². The van der Waals surface area contributed by atoms with E-state index in [1.54, 1.807) is 54.4 Å². The van der Waals surface area contributed by atoms with Crippen LogP contribution in [0, 0.1) is 0 Å². The van der Waals surface area contributed by atoms with Crippen molar-refractivity contribution in [2.75, 3.05) is 62.4 Å². The van der Waals surface area contributed by atoms with Gasteiger partial charge >= 0.3 is 0 Å². The van der Waals surface area contributed by atoms with Crippen LogP contribution in [0.5, 0.6) is 0 Å². The van der Waals surface area contributed by atoms with Gasteiger partial charge in [-0.2, -0.15) is 0 Å². The van der Waals surface area contributed by atoms with Crippen LogP contribution >= 0.6 is 11.6 Å². The van der Waals surface area contributed by atoms with Crippen molar-refractivity contribution >= 4 is 61.8 Å². The van der Waals surface area contributed by atoms with E-state index in [9.17, 15) is 18.0 Å². The average molecular weight is 685 g/mol. The third kappa shape index (κ3) is 7.61. The van der Waals surface area contributed by atoms with Gasteiger partial charge in [0.05, 0.1) is 28.4 Å². The second-order valence-electron chi connectivity index (χ2n) is 11.9. The summed E-state index contributed by atoms with van der Waals surface area (Å²) in [6.45, 7) is 4.08. The summed E-state index contributed by atoms with van der Waals surface area (Å²) < 4.78 is 28.1. The molecule has 0 atom stereocenters. The Morgan fingerprint density at radius 1 is 0.917 bits per heavy atom. The number of carbonyl (C=O) groups is 2. The number of amides is 2. The highest BCUT2D eigenvalue weighted by Gasteiger charge is 2.29. The number of sulfonamides is 1. The van der Waals surface area contributed by atoms with E-state index in [0.717, 1.165) is 48.7 Å². The van der Waals surface area contributed by atoms with Crippen LogP contribution in [0.1, 0.15) is 16.7 Å². The highest BCUT2D eigenvalue weighted by Crippen LogP contribution is 2.39. The fourth-order valence-electron chi connectivity index (χ4n) is 5.68. The van der Waals surface area contributed by atoms with E-state index in [0.29, 0.717) is 34.1 Å². The van der Waals surface area contributed by atoms with E-state index in [1.165, 1.54) is 0 Å². The summed E-state index contributed by atoms with van der Waals surface area (Å²) in [5.41, 5.74) is 5.29. The molecule has 10 nitrogen and oxygen atoms in total. The summed E-state index contributed by atoms with van der Waals surface area (Å²) in [5.74, 6) is -0.257. The first-order valence-electron chi connectivity index (χ1n) is 15.6. The minimum atomic E-state index is -3.67. The van der Waals surface area contributed by atoms with Crippen molar-refractivity contribution in [1.29, 1.82) is 0 Å². The van der Waals surface area contributed by atoms with Gasteiger partial charge in [0.15, 0.2) is 0 Å². The summed E-state index contributed by atoms with van der Waals surface area (Å²) in [5, 5.41) is 6.86. The third-order valence-corrected chi connectivity index (χ3v) is 10.2. The molecular formula is C36H37ClN6O4S. The highest BCUT2D eigenvalue weighted by atomic mass is 35.5. The van der Waals surface area contributed by atoms with Crippen molar-refractivity contribution in [2.24, 2.45) is 0 Å². The summed E-state index contributed by atoms with van der Waals surface area (Å²) in [6, 6.07) is 28.3. The van der Waals surface area contributed by atoms with E-state index in [-0.39, 0.29) is 23.3 Å². The molecule has 3 N–H and O–H groups in total. The van der Waals surface area contributed by atoms with Crippen molar-refractivity contribution in [3.8, 4) is 0 Å². The largest absolute Gasteiger partial charge is 0.354 e. The molecule has 2 heterocycles. The Labute approximate surface area is 286 Å². The van der Waals surface area contributed by atoms with Gasteiger partial charge < -0.3 is 20.4 Å². The molecule has 2 amide bonds. The van der Waals surface area contributed by atoms with E-state index >= 15 is 0 Å². The summed E-state index contributed by atoms with van der Waals surface area (Å²) in [7, 11) is 0.195. The van der Waals surface area contributed by atoms with Crippen molar-refractivity contribution in [3.05, 3.63) is 119 Å². The Kier molecular flexibility index (Phi) is 9.95. The third-order valence-electron chi connectivity index (χ3n) is 8.59. The predicted molar refractivity (Wildman–Crippen MR) is 191 cm³/mol. The number of hydrogen-bond acceptors (Lipinski definition) is 7. The van der Waals surface area contributed by atoms with E-state index in [4.69, 9.17) is 11.6 Å². The van der Waals surface area contributed by atoms with Gasteiger partial charge in [-0.3, -0.25) is 14.5 Å². The lowest BCUT2D eigenvalue weighted by Gasteiger charge is -2.32. The Balaban J connectivity index is 1.23. The second kappa shape index (κ2) is 14.3. The quantitative estimate of drug-likeness (QED) is 0.203. The number of carbonyl (C=O) groups excluding carboxylic acids is 2. The van der Waals surface area contributed by atoms with Gasteiger partial charge in [0.2, 0.25) is 15.9 Å². The first-order chi connectivity index (χ1) is 23.1. The number of nitrogens with one attached hydrogen (secondary N) is 3. The van der Waals surface area contributed by atoms with Gasteiger partial charge in [-0.1, -0.05) is 60.1 Å². The molecule has 0 aliphatic carbocycles. The van der Waals surface area contributed by atoms with Gasteiger partial charge in [0.25, 0.3) is 5.91 Å². The fourth-order valence-corrected chi connectivity index (χ4v) is 6.89. The highest BCUT2D eigenvalue weighted by molar-refractivity contribution is 7.89. The number of piperazine rings is 1. The monoisotopic (exact) mass is 684 g/mol. The lowest BCUT2D eigenvalue weighted by molar-refractivity contribution is -0.119. The molecule has 0 radical (unpaired) electrons. The molecular weight excluding hydrogens is 648 g/mol. The van der Waals surface area contributed by atoms with Gasteiger partial charge in [0, 0.05) is 61.7 Å². The molecule has 4 aromatic carbocycles. The van der Waals surface area contributed by atoms with Gasteiger partial charge in [-0.25, -0.2) is 13.1 Å². The molecule has 0 unspecified atom stereocenters. The summed E-state index contributed by atoms with van der Waals surface area (Å²) in [4.78, 5) is 32.7. The lowest BCUT2D eigenvalue weighted by atomic mass is 9.99. The van der Waals surface area contributed by atoms with Crippen molar-refractivity contribution in [1.82, 2.24) is 14.5 Å². The van der Waals surface area contributed by atoms with Crippen LogP contribution in [0.15, 0.2) is 102 Å². The van der Waals surface area contributed by atoms with Crippen LogP contribution < -0.4 is 20.3 Å². The molecule has 1 fully saturated rings. The number of benzene rings is 4. The molecule has 6 rings (SSSR count). The smallest absolute Gasteiger partial charge is 0.258 e. The molecule has 12 heteroatoms. The molecule has 48 heavy (non-hydrogen) atoms. The number of likely N-dealkylation sites (N-methyl/N-ethyl adjacent to an activating group) is 2. The Bertz CT molecular complexity index is 1940. The van der Waals surface area contributed by atoms with Crippen molar-refractivity contribution in [3.63, 3.8) is 0 Å². The van der Waals surface area contributed by atoms with Crippen LogP contribution in [0.2, 0.25) is 5.02 Å². The minimum absolute atomic E-state index is 0.0205. The normalized spacial score (nSPS) is 16.3. The number of halogens is 1. The maximum Gasteiger partial charge on any atom is 0.258 e. The van der Waals surface area contributed by atoms with Crippen molar-refractivity contribution in [2.45, 2.75) is 11.4 Å². The minimum Gasteiger partial charge on any atom is -0.354 e. The van der Waals surface area contributed by atoms with E-state index < -0.39 is 10.0 Å². The molecule has 0 aromatic heterocycles. The first kappa shape index (κ1) is 33.4. The molecule has 1 saturated heterocycles. The molecule has 4 aromatic rings. The predicted octanol–water partition coefficient (Wildman–Crippen LogP) is 4.96. The Morgan fingerprint density at radius 3 is 2.29 bits per heavy atom. The standard InChI is InChI=1S/C36H37ClN6O4S/c1-41-18-20-43(21-19-41)24-33(44)42(2)29-15-13-28(14-16-29)39-35(34-31-17-12-27(37)22-32(31)40-36(34)45)26-10-8-25(9-11-26)23-38-48(46,47)30-6-4-3-5-7-30/h3-17,22,38-39H,18-21,23-24H2,1-2H3,(H,40,45). The van der Waals surface area contributed by atoms with Gasteiger partial charge in [-0.05, 0) is 66.7 Å².